The van der Waals surface area contributed by atoms with Crippen molar-refractivity contribution in [2.75, 3.05) is 0 Å². The Morgan fingerprint density at radius 3 is 2.95 bits per heavy atom. The van der Waals surface area contributed by atoms with Gasteiger partial charge in [0, 0.05) is 38.8 Å². The van der Waals surface area contributed by atoms with Gasteiger partial charge in [0.05, 0.1) is 5.52 Å². The van der Waals surface area contributed by atoms with Gasteiger partial charge in [-0.1, -0.05) is 18.2 Å². The lowest BCUT2D eigenvalue weighted by Crippen LogP contribution is -2.13. The predicted molar refractivity (Wildman–Crippen MR) is 84.4 cm³/mol. The van der Waals surface area contributed by atoms with Gasteiger partial charge in [-0.2, -0.15) is 0 Å². The molecule has 0 aliphatic rings. The fourth-order valence-electron chi connectivity index (χ4n) is 2.24. The summed E-state index contributed by atoms with van der Waals surface area (Å²) in [5.41, 5.74) is 8.53. The lowest BCUT2D eigenvalue weighted by Gasteiger charge is -2.13. The molecule has 1 unspecified atom stereocenters. The smallest absolute Gasteiger partial charge is 0.0705 e. The Bertz CT molecular complexity index is 703. The normalized spacial score (nSPS) is 12.7. The minimum Gasteiger partial charge on any atom is -0.324 e. The van der Waals surface area contributed by atoms with Crippen LogP contribution in [0.5, 0.6) is 0 Å². The van der Waals surface area contributed by atoms with Crippen LogP contribution >= 0.6 is 27.3 Å². The number of thiophene rings is 1. The first-order valence-corrected chi connectivity index (χ1v) is 7.73. The van der Waals surface area contributed by atoms with Crippen LogP contribution in [0.15, 0.2) is 52.4 Å². The van der Waals surface area contributed by atoms with Gasteiger partial charge in [0.1, 0.15) is 0 Å². The summed E-state index contributed by atoms with van der Waals surface area (Å²) in [5.74, 6) is 0. The molecule has 0 saturated heterocycles. The summed E-state index contributed by atoms with van der Waals surface area (Å²) in [5, 5.41) is 3.24. The van der Waals surface area contributed by atoms with Crippen LogP contribution in [0.1, 0.15) is 16.5 Å². The van der Waals surface area contributed by atoms with Crippen LogP contribution in [0.4, 0.5) is 0 Å². The number of hydrogen-bond acceptors (Lipinski definition) is 3. The summed E-state index contributed by atoms with van der Waals surface area (Å²) < 4.78 is 1.12. The van der Waals surface area contributed by atoms with Crippen LogP contribution in [0, 0.1) is 0 Å². The van der Waals surface area contributed by atoms with E-state index < -0.39 is 0 Å². The topological polar surface area (TPSA) is 38.9 Å². The fourth-order valence-corrected chi connectivity index (χ4v) is 3.75. The Hall–Kier alpha value is -1.23. The number of halogens is 1. The molecule has 1 aromatic carbocycles. The number of benzene rings is 1. The molecule has 0 aliphatic carbocycles. The van der Waals surface area contributed by atoms with Gasteiger partial charge in [0.25, 0.3) is 0 Å². The van der Waals surface area contributed by atoms with E-state index in [4.69, 9.17) is 5.73 Å². The lowest BCUT2D eigenvalue weighted by atomic mass is 9.99. The van der Waals surface area contributed by atoms with E-state index in [0.29, 0.717) is 0 Å². The summed E-state index contributed by atoms with van der Waals surface area (Å²) in [4.78, 5) is 5.67. The molecule has 96 valence electrons. The largest absolute Gasteiger partial charge is 0.324 e. The average Bonchev–Trinajstić information content (AvgIpc) is 2.83. The number of rotatable bonds is 3. The molecule has 0 amide bonds. The third-order valence-electron chi connectivity index (χ3n) is 3.12. The monoisotopic (exact) mass is 332 g/mol. The Balaban J connectivity index is 1.95. The summed E-state index contributed by atoms with van der Waals surface area (Å²) in [7, 11) is 0. The molecule has 0 spiro atoms. The zero-order valence-corrected chi connectivity index (χ0v) is 12.6. The lowest BCUT2D eigenvalue weighted by molar-refractivity contribution is 0.736. The molecule has 2 N–H and O–H groups in total. The molecule has 3 rings (SSSR count). The highest BCUT2D eigenvalue weighted by Crippen LogP contribution is 2.27. The Kier molecular flexibility index (Phi) is 3.64. The first kappa shape index (κ1) is 12.8. The van der Waals surface area contributed by atoms with Crippen molar-refractivity contribution in [1.29, 1.82) is 0 Å². The molecule has 2 heterocycles. The number of hydrogen-bond donors (Lipinski definition) is 1. The SMILES string of the molecule is NC(Cc1cc(Br)cs1)c1cccc2ncccc12. The zero-order valence-electron chi connectivity index (χ0n) is 10.2. The van der Waals surface area contributed by atoms with Gasteiger partial charge in [0.2, 0.25) is 0 Å². The van der Waals surface area contributed by atoms with Gasteiger partial charge in [0.15, 0.2) is 0 Å². The molecule has 0 aliphatic heterocycles. The van der Waals surface area contributed by atoms with E-state index in [9.17, 15) is 0 Å². The van der Waals surface area contributed by atoms with Crippen molar-refractivity contribution in [2.24, 2.45) is 5.73 Å². The molecule has 2 nitrogen and oxygen atoms in total. The van der Waals surface area contributed by atoms with Crippen LogP contribution in [0.2, 0.25) is 0 Å². The number of aromatic nitrogens is 1. The number of fused-ring (bicyclic) bond motifs is 1. The summed E-state index contributed by atoms with van der Waals surface area (Å²) in [6.07, 6.45) is 2.66. The average molecular weight is 333 g/mol. The first-order chi connectivity index (χ1) is 9.24. The molecule has 1 atom stereocenters. The van der Waals surface area contributed by atoms with Crippen LogP contribution in [-0.2, 0) is 6.42 Å². The molecule has 0 fully saturated rings. The maximum atomic E-state index is 6.37. The Morgan fingerprint density at radius 2 is 2.16 bits per heavy atom. The van der Waals surface area contributed by atoms with Gasteiger partial charge < -0.3 is 5.73 Å². The van der Waals surface area contributed by atoms with E-state index >= 15 is 0 Å². The van der Waals surface area contributed by atoms with Gasteiger partial charge in [-0.15, -0.1) is 11.3 Å². The summed E-state index contributed by atoms with van der Waals surface area (Å²) >= 11 is 5.21. The molecule has 19 heavy (non-hydrogen) atoms. The van der Waals surface area contributed by atoms with E-state index in [1.165, 1.54) is 4.88 Å². The maximum absolute atomic E-state index is 6.37. The van der Waals surface area contributed by atoms with Gasteiger partial charge in [-0.05, 0) is 39.7 Å². The van der Waals surface area contributed by atoms with Crippen molar-refractivity contribution in [3.63, 3.8) is 0 Å². The molecule has 0 bridgehead atoms. The van der Waals surface area contributed by atoms with Crippen molar-refractivity contribution in [3.8, 4) is 0 Å². The van der Waals surface area contributed by atoms with Gasteiger partial charge in [-0.25, -0.2) is 0 Å². The van der Waals surface area contributed by atoms with E-state index in [2.05, 4.69) is 44.5 Å². The van der Waals surface area contributed by atoms with Crippen LogP contribution in [0.25, 0.3) is 10.9 Å². The highest BCUT2D eigenvalue weighted by Gasteiger charge is 2.12. The van der Waals surface area contributed by atoms with Gasteiger partial charge >= 0.3 is 0 Å². The highest BCUT2D eigenvalue weighted by atomic mass is 79.9. The zero-order chi connectivity index (χ0) is 13.2. The second-order valence-corrected chi connectivity index (χ2v) is 6.37. The van der Waals surface area contributed by atoms with Crippen molar-refractivity contribution >= 4 is 38.2 Å². The number of nitrogens with two attached hydrogens (primary N) is 1. The maximum Gasteiger partial charge on any atom is 0.0705 e. The predicted octanol–water partition coefficient (Wildman–Crippen LogP) is 4.30. The van der Waals surface area contributed by atoms with Crippen molar-refractivity contribution in [2.45, 2.75) is 12.5 Å². The summed E-state index contributed by atoms with van der Waals surface area (Å²) in [6, 6.07) is 12.3. The molecule has 3 aromatic rings. The Labute approximate surface area is 124 Å². The second kappa shape index (κ2) is 5.41. The van der Waals surface area contributed by atoms with Gasteiger partial charge in [-0.3, -0.25) is 4.98 Å². The standard InChI is InChI=1S/C15H13BrN2S/c16-10-7-11(19-9-10)8-14(17)12-3-1-5-15-13(12)4-2-6-18-15/h1-7,9,14H,8,17H2. The fraction of sp³-hybridized carbons (Fsp3) is 0.133. The van der Waals surface area contributed by atoms with Crippen molar-refractivity contribution in [1.82, 2.24) is 4.98 Å². The molecule has 0 saturated carbocycles. The highest BCUT2D eigenvalue weighted by molar-refractivity contribution is 9.10. The van der Waals surface area contributed by atoms with Crippen LogP contribution in [0.3, 0.4) is 0 Å². The van der Waals surface area contributed by atoms with Crippen LogP contribution < -0.4 is 5.73 Å². The molecule has 0 radical (unpaired) electrons. The van der Waals surface area contributed by atoms with E-state index in [-0.39, 0.29) is 6.04 Å². The molecular weight excluding hydrogens is 320 g/mol. The quantitative estimate of drug-likeness (QED) is 0.776. The minimum atomic E-state index is -0.00144. The van der Waals surface area contributed by atoms with Crippen LogP contribution in [-0.4, -0.2) is 4.98 Å². The summed E-state index contributed by atoms with van der Waals surface area (Å²) in [6.45, 7) is 0. The third kappa shape index (κ3) is 2.71. The van der Waals surface area contributed by atoms with E-state index in [1.807, 2.05) is 24.4 Å². The first-order valence-electron chi connectivity index (χ1n) is 6.06. The minimum absolute atomic E-state index is 0.00144. The molecular formula is C15H13BrN2S. The van der Waals surface area contributed by atoms with Crippen molar-refractivity contribution in [3.05, 3.63) is 62.9 Å². The number of nitrogens with zero attached hydrogens (tertiary/aromatic N) is 1. The molecule has 4 heteroatoms. The second-order valence-electron chi connectivity index (χ2n) is 4.46. The molecule has 2 aromatic heterocycles. The van der Waals surface area contributed by atoms with Crippen molar-refractivity contribution < 1.29 is 0 Å². The van der Waals surface area contributed by atoms with E-state index in [0.717, 1.165) is 27.4 Å². The Morgan fingerprint density at radius 1 is 1.26 bits per heavy atom. The third-order valence-corrected chi connectivity index (χ3v) is 4.84. The van der Waals surface area contributed by atoms with E-state index in [1.54, 1.807) is 11.3 Å². The number of pyridine rings is 1.